The lowest BCUT2D eigenvalue weighted by molar-refractivity contribution is 0.0694. The standard InChI is InChI=1S/C12H9FN2O2S/c13-8-1-2-9(10(11(8)14)12(16)17)18-7-3-5-15-6-4-7/h1-6H,14H2,(H,16,17). The molecule has 1 heterocycles. The van der Waals surface area contributed by atoms with Gasteiger partial charge in [0, 0.05) is 22.2 Å². The fourth-order valence-electron chi connectivity index (χ4n) is 1.41. The summed E-state index contributed by atoms with van der Waals surface area (Å²) in [5.41, 5.74) is 4.90. The van der Waals surface area contributed by atoms with Gasteiger partial charge in [-0.15, -0.1) is 0 Å². The minimum atomic E-state index is -1.25. The predicted octanol–water partition coefficient (Wildman–Crippen LogP) is 2.65. The number of anilines is 1. The zero-order valence-electron chi connectivity index (χ0n) is 9.13. The number of pyridine rings is 1. The van der Waals surface area contributed by atoms with Crippen molar-refractivity contribution in [3.8, 4) is 0 Å². The molecule has 2 aromatic rings. The monoisotopic (exact) mass is 264 g/mol. The average Bonchev–Trinajstić information content (AvgIpc) is 2.35. The Balaban J connectivity index is 2.45. The SMILES string of the molecule is Nc1c(F)ccc(Sc2ccncc2)c1C(=O)O. The highest BCUT2D eigenvalue weighted by Crippen LogP contribution is 2.33. The molecule has 1 aromatic heterocycles. The summed E-state index contributed by atoms with van der Waals surface area (Å²) in [7, 11) is 0. The Kier molecular flexibility index (Phi) is 3.47. The Bertz CT molecular complexity index is 590. The van der Waals surface area contributed by atoms with E-state index in [-0.39, 0.29) is 11.3 Å². The number of benzene rings is 1. The van der Waals surface area contributed by atoms with E-state index in [4.69, 9.17) is 10.8 Å². The quantitative estimate of drug-likeness (QED) is 0.833. The van der Waals surface area contributed by atoms with Crippen LogP contribution in [-0.4, -0.2) is 16.1 Å². The zero-order chi connectivity index (χ0) is 13.1. The van der Waals surface area contributed by atoms with E-state index in [1.807, 2.05) is 0 Å². The Morgan fingerprint density at radius 1 is 1.28 bits per heavy atom. The minimum absolute atomic E-state index is 0.211. The number of carbonyl (C=O) groups is 1. The molecule has 92 valence electrons. The second kappa shape index (κ2) is 5.05. The molecule has 1 aromatic carbocycles. The summed E-state index contributed by atoms with van der Waals surface area (Å²) in [5, 5.41) is 9.08. The molecule has 0 aliphatic heterocycles. The Morgan fingerprint density at radius 2 is 1.94 bits per heavy atom. The molecule has 0 amide bonds. The molecule has 0 atom stereocenters. The molecule has 4 nitrogen and oxygen atoms in total. The number of carboxylic acid groups (broad SMARTS) is 1. The van der Waals surface area contributed by atoms with Crippen LogP contribution >= 0.6 is 11.8 Å². The molecule has 0 saturated heterocycles. The van der Waals surface area contributed by atoms with E-state index in [1.54, 1.807) is 24.5 Å². The maximum atomic E-state index is 13.3. The number of nitrogens with zero attached hydrogens (tertiary/aromatic N) is 1. The van der Waals surface area contributed by atoms with E-state index < -0.39 is 11.8 Å². The van der Waals surface area contributed by atoms with Gasteiger partial charge in [0.25, 0.3) is 0 Å². The first-order valence-corrected chi connectivity index (χ1v) is 5.80. The van der Waals surface area contributed by atoms with Crippen molar-refractivity contribution in [1.29, 1.82) is 0 Å². The van der Waals surface area contributed by atoms with Crippen molar-refractivity contribution >= 4 is 23.4 Å². The number of nitrogens with two attached hydrogens (primary N) is 1. The number of aromatic carboxylic acids is 1. The Hall–Kier alpha value is -2.08. The summed E-state index contributed by atoms with van der Waals surface area (Å²) in [6.45, 7) is 0. The molecule has 0 fully saturated rings. The maximum absolute atomic E-state index is 13.3. The van der Waals surface area contributed by atoms with E-state index in [0.29, 0.717) is 4.90 Å². The second-order valence-electron chi connectivity index (χ2n) is 3.42. The molecule has 18 heavy (non-hydrogen) atoms. The first kappa shape index (κ1) is 12.4. The van der Waals surface area contributed by atoms with Gasteiger partial charge in [0.1, 0.15) is 5.82 Å². The van der Waals surface area contributed by atoms with Gasteiger partial charge in [-0.3, -0.25) is 4.98 Å². The van der Waals surface area contributed by atoms with Crippen LogP contribution in [-0.2, 0) is 0 Å². The van der Waals surface area contributed by atoms with E-state index in [9.17, 15) is 9.18 Å². The number of rotatable bonds is 3. The van der Waals surface area contributed by atoms with Crippen LogP contribution in [0, 0.1) is 5.82 Å². The number of aromatic nitrogens is 1. The Morgan fingerprint density at radius 3 is 2.56 bits per heavy atom. The van der Waals surface area contributed by atoms with Crippen molar-refractivity contribution in [3.63, 3.8) is 0 Å². The third-order valence-electron chi connectivity index (χ3n) is 2.25. The van der Waals surface area contributed by atoms with Gasteiger partial charge in [0.05, 0.1) is 11.3 Å². The van der Waals surface area contributed by atoms with Gasteiger partial charge >= 0.3 is 5.97 Å². The normalized spacial score (nSPS) is 10.3. The van der Waals surface area contributed by atoms with Crippen LogP contribution in [0.1, 0.15) is 10.4 Å². The summed E-state index contributed by atoms with van der Waals surface area (Å²) in [6.07, 6.45) is 3.19. The fraction of sp³-hybridized carbons (Fsp3) is 0. The molecule has 2 rings (SSSR count). The third kappa shape index (κ3) is 2.43. The molecule has 0 bridgehead atoms. The smallest absolute Gasteiger partial charge is 0.339 e. The predicted molar refractivity (Wildman–Crippen MR) is 66.1 cm³/mol. The van der Waals surface area contributed by atoms with Crippen molar-refractivity contribution in [1.82, 2.24) is 4.98 Å². The van der Waals surface area contributed by atoms with Gasteiger partial charge in [0.15, 0.2) is 0 Å². The van der Waals surface area contributed by atoms with Crippen LogP contribution in [0.25, 0.3) is 0 Å². The molecule has 0 saturated carbocycles. The lowest BCUT2D eigenvalue weighted by atomic mass is 10.2. The van der Waals surface area contributed by atoms with Crippen molar-refractivity contribution in [2.75, 3.05) is 5.73 Å². The van der Waals surface area contributed by atoms with Gasteiger partial charge < -0.3 is 10.8 Å². The lowest BCUT2D eigenvalue weighted by Crippen LogP contribution is -2.06. The van der Waals surface area contributed by atoms with Gasteiger partial charge in [-0.25, -0.2) is 9.18 Å². The van der Waals surface area contributed by atoms with Gasteiger partial charge in [-0.05, 0) is 24.3 Å². The first-order chi connectivity index (χ1) is 8.59. The number of hydrogen-bond acceptors (Lipinski definition) is 4. The van der Waals surface area contributed by atoms with Crippen LogP contribution < -0.4 is 5.73 Å². The number of hydrogen-bond donors (Lipinski definition) is 2. The van der Waals surface area contributed by atoms with Crippen LogP contribution in [0.5, 0.6) is 0 Å². The lowest BCUT2D eigenvalue weighted by Gasteiger charge is -2.08. The molecule has 0 radical (unpaired) electrons. The van der Waals surface area contributed by atoms with Crippen LogP contribution in [0.15, 0.2) is 46.5 Å². The van der Waals surface area contributed by atoms with E-state index >= 15 is 0 Å². The van der Waals surface area contributed by atoms with Crippen molar-refractivity contribution < 1.29 is 14.3 Å². The first-order valence-electron chi connectivity index (χ1n) is 4.98. The van der Waals surface area contributed by atoms with E-state index in [2.05, 4.69) is 4.98 Å². The number of nitrogen functional groups attached to an aromatic ring is 1. The van der Waals surface area contributed by atoms with Crippen LogP contribution in [0.4, 0.5) is 10.1 Å². The van der Waals surface area contributed by atoms with Crippen molar-refractivity contribution in [2.45, 2.75) is 9.79 Å². The topological polar surface area (TPSA) is 76.2 Å². The summed E-state index contributed by atoms with van der Waals surface area (Å²) in [6, 6.07) is 6.03. The molecule has 0 spiro atoms. The highest BCUT2D eigenvalue weighted by molar-refractivity contribution is 7.99. The van der Waals surface area contributed by atoms with Gasteiger partial charge in [0.2, 0.25) is 0 Å². The van der Waals surface area contributed by atoms with Crippen LogP contribution in [0.2, 0.25) is 0 Å². The minimum Gasteiger partial charge on any atom is -0.478 e. The third-order valence-corrected chi connectivity index (χ3v) is 3.31. The molecular formula is C12H9FN2O2S. The zero-order valence-corrected chi connectivity index (χ0v) is 9.95. The number of halogens is 1. The van der Waals surface area contributed by atoms with Crippen LogP contribution in [0.3, 0.4) is 0 Å². The van der Waals surface area contributed by atoms with Crippen molar-refractivity contribution in [2.24, 2.45) is 0 Å². The molecule has 0 unspecified atom stereocenters. The Labute approximate surface area is 107 Å². The molecule has 6 heteroatoms. The highest BCUT2D eigenvalue weighted by Gasteiger charge is 2.18. The van der Waals surface area contributed by atoms with Gasteiger partial charge in [-0.1, -0.05) is 11.8 Å². The maximum Gasteiger partial charge on any atom is 0.339 e. The van der Waals surface area contributed by atoms with Crippen molar-refractivity contribution in [3.05, 3.63) is 48.0 Å². The average molecular weight is 264 g/mol. The molecule has 0 aliphatic rings. The summed E-state index contributed by atoms with van der Waals surface area (Å²) >= 11 is 1.20. The largest absolute Gasteiger partial charge is 0.478 e. The summed E-state index contributed by atoms with van der Waals surface area (Å²) < 4.78 is 13.3. The summed E-state index contributed by atoms with van der Waals surface area (Å²) in [5.74, 6) is -1.98. The van der Waals surface area contributed by atoms with E-state index in [0.717, 1.165) is 11.0 Å². The second-order valence-corrected chi connectivity index (χ2v) is 4.54. The highest BCUT2D eigenvalue weighted by atomic mass is 32.2. The number of carboxylic acids is 1. The summed E-state index contributed by atoms with van der Waals surface area (Å²) in [4.78, 5) is 16.2. The molecule has 3 N–H and O–H groups in total. The molecule has 0 aliphatic carbocycles. The van der Waals surface area contributed by atoms with E-state index in [1.165, 1.54) is 17.8 Å². The molecular weight excluding hydrogens is 255 g/mol. The fourth-order valence-corrected chi connectivity index (χ4v) is 2.36. The van der Waals surface area contributed by atoms with Gasteiger partial charge in [-0.2, -0.15) is 0 Å².